The lowest BCUT2D eigenvalue weighted by Crippen LogP contribution is -2.16. The monoisotopic (exact) mass is 376 g/mol. The smallest absolute Gasteiger partial charge is 0.234 e. The molecule has 0 amide bonds. The van der Waals surface area contributed by atoms with E-state index in [0.717, 1.165) is 38.1 Å². The second kappa shape index (κ2) is 4.94. The van der Waals surface area contributed by atoms with Crippen LogP contribution in [0.2, 0.25) is 0 Å². The Bertz CT molecular complexity index is 1400. The van der Waals surface area contributed by atoms with Crippen molar-refractivity contribution in [2.75, 3.05) is 0 Å². The summed E-state index contributed by atoms with van der Waals surface area (Å²) >= 11 is 12.5. The molecule has 0 saturated heterocycles. The quantitative estimate of drug-likeness (QED) is 0.367. The van der Waals surface area contributed by atoms with Crippen LogP contribution in [0.1, 0.15) is 11.1 Å². The van der Waals surface area contributed by atoms with Gasteiger partial charge in [-0.15, -0.1) is 0 Å². The lowest BCUT2D eigenvalue weighted by atomic mass is 10.0. The molecule has 0 saturated carbocycles. The number of benzene rings is 3. The molecule has 5 aromatic rings. The molecule has 0 aliphatic carbocycles. The highest BCUT2D eigenvalue weighted by atomic mass is 35.5. The summed E-state index contributed by atoms with van der Waals surface area (Å²) in [5.41, 5.74) is 0.686. The molecule has 0 heterocycles. The van der Waals surface area contributed by atoms with Crippen LogP contribution in [-0.2, 0) is 0 Å². The third-order valence-corrected chi connectivity index (χ3v) is 5.59. The minimum atomic E-state index is -0.455. The summed E-state index contributed by atoms with van der Waals surface area (Å²) in [4.78, 5) is 24.6. The molecule has 4 heteroatoms. The molecule has 0 atom stereocenters. The van der Waals surface area contributed by atoms with Gasteiger partial charge in [-0.3, -0.25) is 9.59 Å². The zero-order valence-electron chi connectivity index (χ0n) is 13.5. The minimum absolute atomic E-state index is 0.417. The summed E-state index contributed by atoms with van der Waals surface area (Å²) in [7, 11) is 0. The largest absolute Gasteiger partial charge is 0.285 e. The van der Waals surface area contributed by atoms with Crippen LogP contribution in [0.3, 0.4) is 0 Å². The fraction of sp³-hybridized carbons (Fsp3) is 0. The maximum Gasteiger partial charge on any atom is 0.234 e. The molecular weight excluding hydrogens is 367 g/mol. The molecule has 0 unspecified atom stereocenters. The van der Waals surface area contributed by atoms with Gasteiger partial charge in [-0.25, -0.2) is 0 Å². The Kier molecular flexibility index (Phi) is 2.96. The first-order valence-electron chi connectivity index (χ1n) is 7.98. The highest BCUT2D eigenvalue weighted by molar-refractivity contribution is 6.53. The minimum Gasteiger partial charge on any atom is -0.285 e. The topological polar surface area (TPSA) is 34.1 Å². The first-order valence-corrected chi connectivity index (χ1v) is 8.73. The molecule has 0 aliphatic heterocycles. The van der Waals surface area contributed by atoms with Gasteiger partial charge < -0.3 is 0 Å². The maximum atomic E-state index is 12.3. The van der Waals surface area contributed by atoms with Crippen LogP contribution >= 0.6 is 23.2 Å². The van der Waals surface area contributed by atoms with Crippen molar-refractivity contribution >= 4 is 76.4 Å². The molecule has 0 radical (unpaired) electrons. The average Bonchev–Trinajstić information content (AvgIpc) is 3.07. The number of hydrogen-bond donors (Lipinski definition) is 0. The van der Waals surface area contributed by atoms with Crippen LogP contribution in [0, 0.1) is 0 Å². The Morgan fingerprint density at radius 1 is 0.577 bits per heavy atom. The fourth-order valence-electron chi connectivity index (χ4n) is 4.15. The lowest BCUT2D eigenvalue weighted by molar-refractivity contribution is 1.66. The van der Waals surface area contributed by atoms with E-state index in [1.165, 1.54) is 0 Å². The first-order chi connectivity index (χ1) is 12.4. The van der Waals surface area contributed by atoms with Gasteiger partial charge in [-0.1, -0.05) is 60.6 Å². The zero-order valence-corrected chi connectivity index (χ0v) is 15.0. The molecule has 0 aromatic heterocycles. The molecule has 0 spiro atoms. The van der Waals surface area contributed by atoms with E-state index in [4.69, 9.17) is 23.2 Å². The zero-order chi connectivity index (χ0) is 18.3. The van der Waals surface area contributed by atoms with Gasteiger partial charge in [0.25, 0.3) is 0 Å². The van der Waals surface area contributed by atoms with Crippen LogP contribution in [0.5, 0.6) is 0 Å². The lowest BCUT2D eigenvalue weighted by Gasteiger charge is -2.07. The molecule has 2 nitrogen and oxygen atoms in total. The van der Waals surface area contributed by atoms with Crippen molar-refractivity contribution in [1.82, 2.24) is 0 Å². The van der Waals surface area contributed by atoms with Crippen LogP contribution in [-0.4, -0.2) is 0 Å². The summed E-state index contributed by atoms with van der Waals surface area (Å²) in [6, 6.07) is 10.9. The van der Waals surface area contributed by atoms with Crippen LogP contribution < -0.4 is 10.9 Å². The van der Waals surface area contributed by atoms with E-state index in [1.807, 2.05) is 24.3 Å². The van der Waals surface area contributed by atoms with Crippen LogP contribution in [0.4, 0.5) is 0 Å². The molecule has 124 valence electrons. The fourth-order valence-corrected chi connectivity index (χ4v) is 4.46. The van der Waals surface area contributed by atoms with Gasteiger partial charge in [0.05, 0.1) is 0 Å². The molecule has 0 N–H and O–H groups in total. The standard InChI is InChI=1S/C22H10Cl2O2/c1-9(23)11-3-4-12(10(2)24)18-14-6-8-16-20-15(21(25)22(16)26)7-5-13(17(11)18)19(14)20/h3-8H,1-2H2. The van der Waals surface area contributed by atoms with Crippen molar-refractivity contribution in [3.05, 3.63) is 81.1 Å². The molecule has 5 aromatic carbocycles. The summed E-state index contributed by atoms with van der Waals surface area (Å²) in [5, 5.41) is 7.02. The van der Waals surface area contributed by atoms with Gasteiger partial charge in [0.2, 0.25) is 10.9 Å². The van der Waals surface area contributed by atoms with Crippen LogP contribution in [0.15, 0.2) is 59.1 Å². The summed E-state index contributed by atoms with van der Waals surface area (Å²) < 4.78 is 0. The number of rotatable bonds is 2. The van der Waals surface area contributed by atoms with E-state index in [9.17, 15) is 9.59 Å². The third-order valence-electron chi connectivity index (χ3n) is 5.18. The molecule has 5 rings (SSSR count). The molecule has 0 aliphatic rings. The van der Waals surface area contributed by atoms with Crippen molar-refractivity contribution < 1.29 is 0 Å². The van der Waals surface area contributed by atoms with E-state index >= 15 is 0 Å². The van der Waals surface area contributed by atoms with Crippen LogP contribution in [0.25, 0.3) is 53.2 Å². The second-order valence-electron chi connectivity index (χ2n) is 6.45. The van der Waals surface area contributed by atoms with Gasteiger partial charge in [0.1, 0.15) is 0 Å². The third kappa shape index (κ3) is 1.68. The van der Waals surface area contributed by atoms with Gasteiger partial charge in [0, 0.05) is 37.4 Å². The van der Waals surface area contributed by atoms with Crippen molar-refractivity contribution in [2.45, 2.75) is 0 Å². The number of halogens is 2. The summed E-state index contributed by atoms with van der Waals surface area (Å²) in [6.45, 7) is 7.76. The molecular formula is C22H10Cl2O2. The van der Waals surface area contributed by atoms with Gasteiger partial charge in [-0.05, 0) is 39.1 Å². The van der Waals surface area contributed by atoms with E-state index in [-0.39, 0.29) is 0 Å². The van der Waals surface area contributed by atoms with E-state index in [2.05, 4.69) is 13.2 Å². The summed E-state index contributed by atoms with van der Waals surface area (Å²) in [5.74, 6) is 0. The maximum absolute atomic E-state index is 12.3. The van der Waals surface area contributed by atoms with Gasteiger partial charge >= 0.3 is 0 Å². The second-order valence-corrected chi connectivity index (χ2v) is 7.36. The highest BCUT2D eigenvalue weighted by Crippen LogP contribution is 2.46. The molecule has 0 bridgehead atoms. The Morgan fingerprint density at radius 3 is 1.31 bits per heavy atom. The Balaban J connectivity index is 2.24. The predicted octanol–water partition coefficient (Wildman–Crippen LogP) is 5.75. The van der Waals surface area contributed by atoms with Gasteiger partial charge in [0.15, 0.2) is 0 Å². The van der Waals surface area contributed by atoms with E-state index in [0.29, 0.717) is 26.2 Å². The van der Waals surface area contributed by atoms with E-state index < -0.39 is 10.9 Å². The SMILES string of the molecule is C=C(Cl)c1ccc(C(=C)Cl)c2c3ccc4c(=O)c(=O)c5ccc(c12)c3c54. The average molecular weight is 377 g/mol. The van der Waals surface area contributed by atoms with Crippen molar-refractivity contribution in [3.63, 3.8) is 0 Å². The first kappa shape index (κ1) is 15.6. The Labute approximate surface area is 157 Å². The number of hydrogen-bond acceptors (Lipinski definition) is 2. The molecule has 26 heavy (non-hydrogen) atoms. The Morgan fingerprint density at radius 2 is 0.923 bits per heavy atom. The predicted molar refractivity (Wildman–Crippen MR) is 112 cm³/mol. The van der Waals surface area contributed by atoms with E-state index in [1.54, 1.807) is 12.1 Å². The highest BCUT2D eigenvalue weighted by Gasteiger charge is 2.23. The van der Waals surface area contributed by atoms with Crippen molar-refractivity contribution in [2.24, 2.45) is 0 Å². The van der Waals surface area contributed by atoms with Crippen molar-refractivity contribution in [3.8, 4) is 0 Å². The Hall–Kier alpha value is -2.68. The van der Waals surface area contributed by atoms with Gasteiger partial charge in [-0.2, -0.15) is 0 Å². The van der Waals surface area contributed by atoms with Crippen molar-refractivity contribution in [1.29, 1.82) is 0 Å². The normalized spacial score (nSPS) is 12.1. The number of fused-ring (bicyclic) bond motifs is 3. The summed E-state index contributed by atoms with van der Waals surface area (Å²) in [6.07, 6.45) is 0. The molecule has 0 fully saturated rings.